The average Bonchev–Trinajstić information content (AvgIpc) is 2.61. The monoisotopic (exact) mass is 310 g/mol. The highest BCUT2D eigenvalue weighted by molar-refractivity contribution is 5.22. The molecule has 1 aromatic carbocycles. The third kappa shape index (κ3) is 6.82. The minimum atomic E-state index is 0.558. The molecule has 0 atom stereocenters. The Hall–Kier alpha value is -1.22. The fourth-order valence-electron chi connectivity index (χ4n) is 3.79. The summed E-state index contributed by atoms with van der Waals surface area (Å²) < 4.78 is 0. The first kappa shape index (κ1) is 18.1. The third-order valence-electron chi connectivity index (χ3n) is 5.52. The van der Waals surface area contributed by atoms with Crippen molar-refractivity contribution in [3.05, 3.63) is 35.4 Å². The van der Waals surface area contributed by atoms with Crippen LogP contribution in [0, 0.1) is 24.2 Å². The summed E-state index contributed by atoms with van der Waals surface area (Å²) in [7, 11) is 0. The van der Waals surface area contributed by atoms with Crippen LogP contribution in [0.15, 0.2) is 24.3 Å². The van der Waals surface area contributed by atoms with Gasteiger partial charge in [0.25, 0.3) is 0 Å². The van der Waals surface area contributed by atoms with E-state index in [1.54, 1.807) is 0 Å². The van der Waals surface area contributed by atoms with Crippen molar-refractivity contribution in [2.24, 2.45) is 11.8 Å². The van der Waals surface area contributed by atoms with E-state index >= 15 is 0 Å². The molecule has 126 valence electrons. The van der Waals surface area contributed by atoms with Crippen LogP contribution in [-0.4, -0.2) is 0 Å². The molecule has 0 heteroatoms. The second-order valence-electron chi connectivity index (χ2n) is 7.40. The molecule has 1 aromatic rings. The molecule has 0 radical (unpaired) electrons. The van der Waals surface area contributed by atoms with Crippen molar-refractivity contribution >= 4 is 0 Å². The van der Waals surface area contributed by atoms with Crippen molar-refractivity contribution in [3.63, 3.8) is 0 Å². The molecule has 1 aliphatic carbocycles. The maximum absolute atomic E-state index is 5.54. The fraction of sp³-hybridized carbons (Fsp3) is 0.652. The first-order chi connectivity index (χ1) is 11.3. The van der Waals surface area contributed by atoms with E-state index in [1.807, 2.05) is 0 Å². The maximum Gasteiger partial charge on any atom is 0.0200 e. The first-order valence-electron chi connectivity index (χ1n) is 9.85. The minimum Gasteiger partial charge on any atom is -0.120 e. The molecular weight excluding hydrogens is 276 g/mol. The Labute approximate surface area is 144 Å². The molecule has 0 nitrogen and oxygen atoms in total. The van der Waals surface area contributed by atoms with Gasteiger partial charge in [0, 0.05) is 5.92 Å². The Balaban J connectivity index is 1.64. The summed E-state index contributed by atoms with van der Waals surface area (Å²) >= 11 is 0. The molecular formula is C23H34. The molecule has 2 rings (SSSR count). The third-order valence-corrected chi connectivity index (χ3v) is 5.52. The molecule has 0 amide bonds. The van der Waals surface area contributed by atoms with Crippen LogP contribution in [0.25, 0.3) is 0 Å². The molecule has 1 saturated carbocycles. The number of terminal acetylenes is 1. The Kier molecular flexibility index (Phi) is 8.30. The van der Waals surface area contributed by atoms with Crippen molar-refractivity contribution in [2.75, 3.05) is 0 Å². The molecule has 0 spiro atoms. The van der Waals surface area contributed by atoms with E-state index < -0.39 is 0 Å². The van der Waals surface area contributed by atoms with Crippen LogP contribution in [0.4, 0.5) is 0 Å². The van der Waals surface area contributed by atoms with E-state index in [9.17, 15) is 0 Å². The summed E-state index contributed by atoms with van der Waals surface area (Å²) in [5, 5.41) is 0. The van der Waals surface area contributed by atoms with Gasteiger partial charge < -0.3 is 0 Å². The average molecular weight is 311 g/mol. The van der Waals surface area contributed by atoms with Crippen LogP contribution in [0.1, 0.15) is 82.3 Å². The van der Waals surface area contributed by atoms with Gasteiger partial charge in [-0.3, -0.25) is 0 Å². The number of rotatable bonds is 9. The predicted octanol–water partition coefficient (Wildman–Crippen LogP) is 6.57. The van der Waals surface area contributed by atoms with Crippen molar-refractivity contribution in [2.45, 2.75) is 84.0 Å². The van der Waals surface area contributed by atoms with Crippen LogP contribution in [0.2, 0.25) is 0 Å². The quantitative estimate of drug-likeness (QED) is 0.357. The molecule has 0 heterocycles. The van der Waals surface area contributed by atoms with Gasteiger partial charge in [-0.15, -0.1) is 12.3 Å². The smallest absolute Gasteiger partial charge is 0.0200 e. The van der Waals surface area contributed by atoms with Crippen LogP contribution < -0.4 is 0 Å². The summed E-state index contributed by atoms with van der Waals surface area (Å²) in [4.78, 5) is 0. The standard InChI is InChI=1S/C23H34/c1-3-5-6-7-8-9-21-14-16-23(17-15-21)19-18-22-12-10-20(4-2)11-13-22/h2,14-17,20,22H,3,5-13,18-19H2,1H3. The zero-order chi connectivity index (χ0) is 16.3. The van der Waals surface area contributed by atoms with E-state index in [2.05, 4.69) is 37.1 Å². The van der Waals surface area contributed by atoms with Gasteiger partial charge in [0.2, 0.25) is 0 Å². The number of hydrogen-bond acceptors (Lipinski definition) is 0. The molecule has 0 unspecified atom stereocenters. The molecule has 1 aliphatic rings. The first-order valence-corrected chi connectivity index (χ1v) is 9.85. The molecule has 0 bridgehead atoms. The SMILES string of the molecule is C#CC1CCC(CCc2ccc(CCCCCCC)cc2)CC1. The van der Waals surface area contributed by atoms with Crippen molar-refractivity contribution in [3.8, 4) is 12.3 Å². The second kappa shape index (κ2) is 10.5. The normalized spacial score (nSPS) is 21.0. The lowest BCUT2D eigenvalue weighted by atomic mass is 9.80. The summed E-state index contributed by atoms with van der Waals surface area (Å²) in [6.45, 7) is 2.28. The van der Waals surface area contributed by atoms with Gasteiger partial charge in [0.05, 0.1) is 0 Å². The van der Waals surface area contributed by atoms with Gasteiger partial charge in [-0.05, 0) is 68.4 Å². The Morgan fingerprint density at radius 1 is 0.870 bits per heavy atom. The van der Waals surface area contributed by atoms with Gasteiger partial charge in [0.15, 0.2) is 0 Å². The lowest BCUT2D eigenvalue weighted by Gasteiger charge is -2.25. The van der Waals surface area contributed by atoms with Gasteiger partial charge in [0.1, 0.15) is 0 Å². The van der Waals surface area contributed by atoms with Gasteiger partial charge in [-0.25, -0.2) is 0 Å². The van der Waals surface area contributed by atoms with E-state index in [4.69, 9.17) is 6.42 Å². The highest BCUT2D eigenvalue weighted by Crippen LogP contribution is 2.31. The van der Waals surface area contributed by atoms with Crippen molar-refractivity contribution < 1.29 is 0 Å². The van der Waals surface area contributed by atoms with Gasteiger partial charge in [-0.2, -0.15) is 0 Å². The van der Waals surface area contributed by atoms with Crippen LogP contribution in [0.5, 0.6) is 0 Å². The Morgan fingerprint density at radius 3 is 2.09 bits per heavy atom. The van der Waals surface area contributed by atoms with Crippen molar-refractivity contribution in [1.29, 1.82) is 0 Å². The number of hydrogen-bond donors (Lipinski definition) is 0. The van der Waals surface area contributed by atoms with E-state index in [1.165, 1.54) is 88.2 Å². The van der Waals surface area contributed by atoms with E-state index in [-0.39, 0.29) is 0 Å². The zero-order valence-electron chi connectivity index (χ0n) is 15.0. The molecule has 1 fully saturated rings. The number of unbranched alkanes of at least 4 members (excludes halogenated alkanes) is 4. The number of aryl methyl sites for hydroxylation is 2. The minimum absolute atomic E-state index is 0.558. The van der Waals surface area contributed by atoms with Crippen molar-refractivity contribution in [1.82, 2.24) is 0 Å². The van der Waals surface area contributed by atoms with Crippen LogP contribution in [-0.2, 0) is 12.8 Å². The van der Waals surface area contributed by atoms with Gasteiger partial charge in [-0.1, -0.05) is 56.9 Å². The summed E-state index contributed by atoms with van der Waals surface area (Å²) in [6, 6.07) is 9.41. The van der Waals surface area contributed by atoms with Gasteiger partial charge >= 0.3 is 0 Å². The highest BCUT2D eigenvalue weighted by atomic mass is 14.2. The second-order valence-corrected chi connectivity index (χ2v) is 7.40. The Bertz CT molecular complexity index is 454. The predicted molar refractivity (Wildman–Crippen MR) is 102 cm³/mol. The number of benzene rings is 1. The largest absolute Gasteiger partial charge is 0.120 e. The fourth-order valence-corrected chi connectivity index (χ4v) is 3.79. The maximum atomic E-state index is 5.54. The molecule has 23 heavy (non-hydrogen) atoms. The summed E-state index contributed by atoms with van der Waals surface area (Å²) in [5.41, 5.74) is 3.03. The molecule has 0 aliphatic heterocycles. The topological polar surface area (TPSA) is 0 Å². The lowest BCUT2D eigenvalue weighted by molar-refractivity contribution is 0.302. The highest BCUT2D eigenvalue weighted by Gasteiger charge is 2.19. The van der Waals surface area contributed by atoms with Crippen LogP contribution in [0.3, 0.4) is 0 Å². The summed E-state index contributed by atoms with van der Waals surface area (Å²) in [5.74, 6) is 4.39. The summed E-state index contributed by atoms with van der Waals surface area (Å²) in [6.07, 6.45) is 21.4. The van der Waals surface area contributed by atoms with E-state index in [0.717, 1.165) is 5.92 Å². The Morgan fingerprint density at radius 2 is 1.48 bits per heavy atom. The molecule has 0 saturated heterocycles. The molecule has 0 aromatic heterocycles. The molecule has 0 N–H and O–H groups in total. The van der Waals surface area contributed by atoms with E-state index in [0.29, 0.717) is 5.92 Å². The lowest BCUT2D eigenvalue weighted by Crippen LogP contribution is -2.13. The zero-order valence-corrected chi connectivity index (χ0v) is 15.0. The van der Waals surface area contributed by atoms with Crippen LogP contribution >= 0.6 is 0 Å².